The van der Waals surface area contributed by atoms with Crippen molar-refractivity contribution in [2.45, 2.75) is 58.3 Å². The number of hydrogen-bond acceptors (Lipinski definition) is 4. The molecule has 6 heteroatoms. The number of nitrogens with one attached hydrogen (secondary N) is 1. The van der Waals surface area contributed by atoms with E-state index in [1.54, 1.807) is 6.08 Å². The van der Waals surface area contributed by atoms with E-state index in [0.29, 0.717) is 10.2 Å². The number of nitrogens with zero attached hydrogens (tertiary/aromatic N) is 1. The second kappa shape index (κ2) is 6.75. The predicted octanol–water partition coefficient (Wildman–Crippen LogP) is 4.07. The lowest BCUT2D eigenvalue weighted by Gasteiger charge is -2.44. The molecule has 0 saturated carbocycles. The van der Waals surface area contributed by atoms with Crippen molar-refractivity contribution in [3.63, 3.8) is 0 Å². The molecule has 1 aliphatic heterocycles. The summed E-state index contributed by atoms with van der Waals surface area (Å²) < 4.78 is 0. The van der Waals surface area contributed by atoms with E-state index < -0.39 is 0 Å². The topological polar surface area (TPSA) is 82.5 Å². The van der Waals surface area contributed by atoms with Crippen LogP contribution >= 0.6 is 11.3 Å². The summed E-state index contributed by atoms with van der Waals surface area (Å²) in [6, 6.07) is 7.94. The number of amides is 1. The molecule has 2 aromatic carbocycles. The Bertz CT molecular complexity index is 1490. The van der Waals surface area contributed by atoms with E-state index in [1.165, 1.54) is 5.56 Å². The lowest BCUT2D eigenvalue weighted by atomic mass is 9.60. The molecule has 1 amide bonds. The third kappa shape index (κ3) is 3.08. The molecule has 32 heavy (non-hydrogen) atoms. The number of H-pyrrole nitrogens is 1. The van der Waals surface area contributed by atoms with Gasteiger partial charge in [0.2, 0.25) is 5.88 Å². The third-order valence-electron chi connectivity index (χ3n) is 6.99. The predicted molar refractivity (Wildman–Crippen MR) is 127 cm³/mol. The number of aromatic hydroxyl groups is 1. The molecule has 1 aliphatic carbocycles. The summed E-state index contributed by atoms with van der Waals surface area (Å²) in [5.74, 6) is -0.302. The van der Waals surface area contributed by atoms with Crippen LogP contribution in [-0.4, -0.2) is 16.0 Å². The Kier molecular flexibility index (Phi) is 4.41. The summed E-state index contributed by atoms with van der Waals surface area (Å²) in [6.45, 7) is 11.0. The monoisotopic (exact) mass is 446 g/mol. The van der Waals surface area contributed by atoms with Crippen LogP contribution in [0.5, 0.6) is 5.88 Å². The van der Waals surface area contributed by atoms with Crippen molar-refractivity contribution in [1.29, 1.82) is 0 Å². The fourth-order valence-corrected chi connectivity index (χ4v) is 5.88. The zero-order valence-electron chi connectivity index (χ0n) is 18.9. The van der Waals surface area contributed by atoms with E-state index in [4.69, 9.17) is 0 Å². The number of aromatic nitrogens is 1. The van der Waals surface area contributed by atoms with Crippen molar-refractivity contribution in [3.8, 4) is 17.0 Å². The lowest BCUT2D eigenvalue weighted by molar-refractivity contribution is 0.0994. The van der Waals surface area contributed by atoms with Gasteiger partial charge < -0.3 is 5.11 Å². The Labute approximate surface area is 190 Å². The first-order valence-corrected chi connectivity index (χ1v) is 11.7. The summed E-state index contributed by atoms with van der Waals surface area (Å²) in [6.07, 6.45) is 3.87. The molecule has 5 nitrogen and oxygen atoms in total. The Morgan fingerprint density at radius 2 is 1.78 bits per heavy atom. The number of hydrogen-bond donors (Lipinski definition) is 2. The number of aromatic amines is 1. The summed E-state index contributed by atoms with van der Waals surface area (Å²) in [5, 5.41) is 11.5. The van der Waals surface area contributed by atoms with Crippen LogP contribution in [-0.2, 0) is 10.8 Å². The highest BCUT2D eigenvalue weighted by Gasteiger charge is 2.42. The molecular formula is C26H26N2O3S. The van der Waals surface area contributed by atoms with Gasteiger partial charge in [-0.15, -0.1) is 0 Å². The van der Waals surface area contributed by atoms with Gasteiger partial charge in [-0.25, -0.2) is 4.99 Å². The Morgan fingerprint density at radius 3 is 2.47 bits per heavy atom. The lowest BCUT2D eigenvalue weighted by Crippen LogP contribution is -2.37. The smallest absolute Gasteiger partial charge is 0.307 e. The Hall–Kier alpha value is -2.99. The molecule has 0 spiro atoms. The molecule has 0 fully saturated rings. The molecule has 5 rings (SSSR count). The third-order valence-corrected chi connectivity index (χ3v) is 7.80. The number of rotatable bonds is 1. The number of aryl methyl sites for hydroxylation is 1. The van der Waals surface area contributed by atoms with Crippen molar-refractivity contribution in [3.05, 3.63) is 71.6 Å². The number of thiazole rings is 1. The first-order chi connectivity index (χ1) is 15.0. The molecule has 0 saturated heterocycles. The maximum Gasteiger partial charge on any atom is 0.307 e. The maximum absolute atomic E-state index is 13.3. The van der Waals surface area contributed by atoms with Gasteiger partial charge in [-0.05, 0) is 76.3 Å². The quantitative estimate of drug-likeness (QED) is 0.591. The van der Waals surface area contributed by atoms with Crippen molar-refractivity contribution in [2.75, 3.05) is 0 Å². The van der Waals surface area contributed by atoms with Crippen LogP contribution in [0.4, 0.5) is 0 Å². The highest BCUT2D eigenvalue weighted by Crippen LogP contribution is 2.50. The normalized spacial score (nSPS) is 18.5. The average Bonchev–Trinajstić information content (AvgIpc) is 3.02. The summed E-state index contributed by atoms with van der Waals surface area (Å²) in [7, 11) is 0. The fraction of sp³-hybridized carbons (Fsp3) is 0.346. The zero-order valence-corrected chi connectivity index (χ0v) is 19.7. The number of benzene rings is 2. The molecule has 1 aromatic heterocycles. The van der Waals surface area contributed by atoms with E-state index in [0.717, 1.165) is 57.2 Å². The number of carbonyl (C=O) groups is 1. The zero-order chi connectivity index (χ0) is 23.0. The second-order valence-electron chi connectivity index (χ2n) is 10.2. The van der Waals surface area contributed by atoms with Gasteiger partial charge in [-0.3, -0.25) is 14.6 Å². The van der Waals surface area contributed by atoms with E-state index >= 15 is 0 Å². The van der Waals surface area contributed by atoms with Gasteiger partial charge in [-0.2, -0.15) is 0 Å². The Morgan fingerprint density at radius 1 is 1.06 bits per heavy atom. The van der Waals surface area contributed by atoms with Crippen LogP contribution in [0.25, 0.3) is 17.2 Å². The van der Waals surface area contributed by atoms with Gasteiger partial charge >= 0.3 is 4.87 Å². The van der Waals surface area contributed by atoms with Gasteiger partial charge in [0, 0.05) is 5.56 Å². The van der Waals surface area contributed by atoms with Gasteiger partial charge in [-0.1, -0.05) is 51.2 Å². The largest absolute Gasteiger partial charge is 0.493 e. The number of fused-ring (bicyclic) bond motifs is 5. The molecule has 0 unspecified atom stereocenters. The molecule has 2 N–H and O–H groups in total. The minimum absolute atomic E-state index is 0.00403. The first-order valence-electron chi connectivity index (χ1n) is 10.8. The van der Waals surface area contributed by atoms with Crippen molar-refractivity contribution < 1.29 is 9.90 Å². The van der Waals surface area contributed by atoms with E-state index in [2.05, 4.69) is 50.7 Å². The molecule has 2 heterocycles. The highest BCUT2D eigenvalue weighted by atomic mass is 32.1. The molecule has 0 atom stereocenters. The summed E-state index contributed by atoms with van der Waals surface area (Å²) in [5.41, 5.74) is 5.94. The Balaban J connectivity index is 1.83. The van der Waals surface area contributed by atoms with Crippen LogP contribution in [0.3, 0.4) is 0 Å². The first kappa shape index (κ1) is 20.9. The maximum atomic E-state index is 13.3. The SMILES string of the molecule is Cc1cc2c(c3c1-c1cc(=Cc4sc(=O)[nH]c4O)ccc1=NC3=O)C(C)(C)CCC2(C)C. The van der Waals surface area contributed by atoms with Crippen LogP contribution in [0.15, 0.2) is 34.1 Å². The van der Waals surface area contributed by atoms with Crippen LogP contribution in [0.2, 0.25) is 0 Å². The van der Waals surface area contributed by atoms with Crippen molar-refractivity contribution >= 4 is 23.3 Å². The van der Waals surface area contributed by atoms with E-state index in [9.17, 15) is 14.7 Å². The second-order valence-corrected chi connectivity index (χ2v) is 11.2. The minimum Gasteiger partial charge on any atom is -0.493 e. The summed E-state index contributed by atoms with van der Waals surface area (Å²) >= 11 is 0.960. The summed E-state index contributed by atoms with van der Waals surface area (Å²) in [4.78, 5) is 31.9. The highest BCUT2D eigenvalue weighted by molar-refractivity contribution is 7.10. The van der Waals surface area contributed by atoms with Crippen molar-refractivity contribution in [1.82, 2.24) is 4.98 Å². The molecule has 0 bridgehead atoms. The standard InChI is InChI=1S/C26H26N2O3S/c1-13-10-16-21(26(4,5)9-8-25(16,2)3)20-19(13)15-11-14(6-7-17(15)27-23(20)30)12-18-22(29)28-24(31)32-18/h6-7,10-12,29H,8-9H2,1-5H3,(H,28,31). The van der Waals surface area contributed by atoms with E-state index in [-0.39, 0.29) is 27.5 Å². The van der Waals surface area contributed by atoms with Crippen LogP contribution < -0.4 is 15.4 Å². The van der Waals surface area contributed by atoms with Gasteiger partial charge in [0.05, 0.1) is 15.8 Å². The van der Waals surface area contributed by atoms with Gasteiger partial charge in [0.1, 0.15) is 0 Å². The minimum atomic E-state index is -0.301. The van der Waals surface area contributed by atoms with Gasteiger partial charge in [0.25, 0.3) is 5.91 Å². The fourth-order valence-electron chi connectivity index (χ4n) is 5.19. The molecule has 3 aromatic rings. The molecule has 2 aliphatic rings. The molecular weight excluding hydrogens is 420 g/mol. The van der Waals surface area contributed by atoms with Gasteiger partial charge in [0.15, 0.2) is 0 Å². The number of carbonyl (C=O) groups excluding carboxylic acids is 1. The van der Waals surface area contributed by atoms with Crippen LogP contribution in [0, 0.1) is 6.92 Å². The van der Waals surface area contributed by atoms with Crippen molar-refractivity contribution in [2.24, 2.45) is 4.99 Å². The van der Waals surface area contributed by atoms with Crippen LogP contribution in [0.1, 0.15) is 72.5 Å². The molecule has 0 radical (unpaired) electrons. The molecule has 164 valence electrons. The average molecular weight is 447 g/mol. The van der Waals surface area contributed by atoms with E-state index in [1.807, 2.05) is 18.2 Å².